The van der Waals surface area contributed by atoms with Crippen molar-refractivity contribution in [2.24, 2.45) is 10.2 Å². The zero-order valence-corrected chi connectivity index (χ0v) is 15.0. The lowest BCUT2D eigenvalue weighted by molar-refractivity contribution is -0.149. The van der Waals surface area contributed by atoms with Crippen LogP contribution in [-0.2, 0) is 14.3 Å². The standard InChI is InChI=1S/C16H12BrN3O3S/c1-23-16(22)9-7-24-15-10(8-5-3-2-4-6-8)11-12(14(21)20(9)15)18-19-13(11)17/h2-6,9,15H,7H2,1H3/t9-,15?/m0/s1. The molecule has 0 aliphatic carbocycles. The minimum atomic E-state index is -0.611. The van der Waals surface area contributed by atoms with Crippen molar-refractivity contribution < 1.29 is 14.3 Å². The van der Waals surface area contributed by atoms with Crippen molar-refractivity contribution >= 4 is 55.5 Å². The van der Waals surface area contributed by atoms with Gasteiger partial charge in [0.25, 0.3) is 5.91 Å². The molecule has 0 bridgehead atoms. The molecule has 2 atom stereocenters. The second-order valence-electron chi connectivity index (χ2n) is 5.43. The highest BCUT2D eigenvalue weighted by atomic mass is 79.9. The van der Waals surface area contributed by atoms with Crippen LogP contribution in [0, 0.1) is 0 Å². The van der Waals surface area contributed by atoms with Gasteiger partial charge in [0.1, 0.15) is 16.0 Å². The fraction of sp³-hybridized carbons (Fsp3) is 0.250. The summed E-state index contributed by atoms with van der Waals surface area (Å²) >= 11 is 4.96. The third-order valence-electron chi connectivity index (χ3n) is 4.19. The first-order valence-electron chi connectivity index (χ1n) is 7.27. The number of thioether (sulfide) groups is 1. The van der Waals surface area contributed by atoms with Gasteiger partial charge < -0.3 is 9.64 Å². The molecule has 3 aliphatic heterocycles. The predicted molar refractivity (Wildman–Crippen MR) is 96.1 cm³/mol. The first-order chi connectivity index (χ1) is 11.6. The van der Waals surface area contributed by atoms with E-state index >= 15 is 0 Å². The highest BCUT2D eigenvalue weighted by Crippen LogP contribution is 2.45. The van der Waals surface area contributed by atoms with Gasteiger partial charge in [-0.3, -0.25) is 4.79 Å². The summed E-state index contributed by atoms with van der Waals surface area (Å²) in [6.45, 7) is 0. The molecule has 3 aliphatic rings. The fourth-order valence-corrected chi connectivity index (χ4v) is 5.09. The number of esters is 1. The number of benzene rings is 1. The lowest BCUT2D eigenvalue weighted by Crippen LogP contribution is -2.52. The van der Waals surface area contributed by atoms with Crippen LogP contribution in [0.1, 0.15) is 5.56 Å². The number of carbonyl (C=O) groups is 2. The van der Waals surface area contributed by atoms with Gasteiger partial charge in [0.2, 0.25) is 0 Å². The average molecular weight is 406 g/mol. The summed E-state index contributed by atoms with van der Waals surface area (Å²) in [5.41, 5.74) is 2.91. The molecule has 1 aromatic rings. The van der Waals surface area contributed by atoms with E-state index in [-0.39, 0.29) is 17.0 Å². The van der Waals surface area contributed by atoms with Gasteiger partial charge in [-0.25, -0.2) is 4.79 Å². The molecule has 1 aromatic carbocycles. The number of nitrogens with zero attached hydrogens (tertiary/aromatic N) is 3. The van der Waals surface area contributed by atoms with Gasteiger partial charge in [-0.2, -0.15) is 0 Å². The molecular formula is C16H12BrN3O3S. The second-order valence-corrected chi connectivity index (χ2v) is 7.30. The largest absolute Gasteiger partial charge is 0.467 e. The van der Waals surface area contributed by atoms with E-state index < -0.39 is 12.0 Å². The first kappa shape index (κ1) is 15.6. The summed E-state index contributed by atoms with van der Waals surface area (Å²) in [6, 6.07) is 9.18. The van der Waals surface area contributed by atoms with Gasteiger partial charge >= 0.3 is 5.97 Å². The lowest BCUT2D eigenvalue weighted by atomic mass is 9.92. The normalized spacial score (nSPS) is 25.2. The smallest absolute Gasteiger partial charge is 0.329 e. The zero-order chi connectivity index (χ0) is 16.8. The molecule has 3 heterocycles. The van der Waals surface area contributed by atoms with Crippen LogP contribution in [0.2, 0.25) is 0 Å². The molecule has 0 radical (unpaired) electrons. The van der Waals surface area contributed by atoms with Gasteiger partial charge in [-0.15, -0.1) is 22.0 Å². The molecule has 4 rings (SSSR count). The molecule has 0 spiro atoms. The van der Waals surface area contributed by atoms with Crippen LogP contribution >= 0.6 is 27.7 Å². The van der Waals surface area contributed by atoms with Crippen molar-refractivity contribution in [2.75, 3.05) is 12.9 Å². The highest BCUT2D eigenvalue weighted by Gasteiger charge is 2.51. The van der Waals surface area contributed by atoms with E-state index in [1.807, 2.05) is 30.3 Å². The van der Waals surface area contributed by atoms with Crippen molar-refractivity contribution in [2.45, 2.75) is 11.4 Å². The summed E-state index contributed by atoms with van der Waals surface area (Å²) in [5.74, 6) is -0.199. The van der Waals surface area contributed by atoms with Crippen LogP contribution < -0.4 is 0 Å². The minimum absolute atomic E-state index is 0.265. The Balaban J connectivity index is 1.90. The SMILES string of the molecule is COC(=O)[C@@H]1CSC2C(c3ccccc3)=C3C(Br)=NN=C3C(=O)N21. The Morgan fingerprint density at radius 1 is 1.33 bits per heavy atom. The van der Waals surface area contributed by atoms with E-state index in [0.717, 1.165) is 11.1 Å². The molecule has 0 N–H and O–H groups in total. The van der Waals surface area contributed by atoms with E-state index in [1.54, 1.807) is 16.7 Å². The molecule has 0 saturated carbocycles. The molecule has 122 valence electrons. The Hall–Kier alpha value is -1.93. The highest BCUT2D eigenvalue weighted by molar-refractivity contribution is 9.18. The summed E-state index contributed by atoms with van der Waals surface area (Å²) in [7, 11) is 1.33. The first-order valence-corrected chi connectivity index (χ1v) is 9.11. The van der Waals surface area contributed by atoms with Crippen molar-refractivity contribution in [3.05, 3.63) is 41.5 Å². The average Bonchev–Trinajstić information content (AvgIpc) is 3.21. The summed E-state index contributed by atoms with van der Waals surface area (Å²) < 4.78 is 5.41. The Morgan fingerprint density at radius 2 is 2.08 bits per heavy atom. The third-order valence-corrected chi connectivity index (χ3v) is 6.03. The van der Waals surface area contributed by atoms with Crippen molar-refractivity contribution in [1.82, 2.24) is 4.90 Å². The maximum Gasteiger partial charge on any atom is 0.329 e. The van der Waals surface area contributed by atoms with Crippen molar-refractivity contribution in [3.63, 3.8) is 0 Å². The molecule has 1 unspecified atom stereocenters. The third kappa shape index (κ3) is 2.16. The van der Waals surface area contributed by atoms with Gasteiger partial charge in [0.15, 0.2) is 5.71 Å². The number of ether oxygens (including phenoxy) is 1. The zero-order valence-electron chi connectivity index (χ0n) is 12.6. The van der Waals surface area contributed by atoms with Gasteiger partial charge in [0.05, 0.1) is 7.11 Å². The fourth-order valence-electron chi connectivity index (χ4n) is 3.12. The van der Waals surface area contributed by atoms with Crippen LogP contribution in [0.15, 0.2) is 46.1 Å². The van der Waals surface area contributed by atoms with E-state index in [4.69, 9.17) is 4.74 Å². The van der Waals surface area contributed by atoms with E-state index in [2.05, 4.69) is 26.1 Å². The van der Waals surface area contributed by atoms with Gasteiger partial charge in [-0.1, -0.05) is 30.3 Å². The molecule has 1 fully saturated rings. The number of methoxy groups -OCH3 is 1. The molecule has 1 saturated heterocycles. The molecule has 0 aromatic heterocycles. The number of carbonyl (C=O) groups excluding carboxylic acids is 2. The molecule has 24 heavy (non-hydrogen) atoms. The van der Waals surface area contributed by atoms with Gasteiger partial charge in [0, 0.05) is 16.9 Å². The number of amides is 1. The van der Waals surface area contributed by atoms with Crippen LogP contribution in [0.3, 0.4) is 0 Å². The summed E-state index contributed by atoms with van der Waals surface area (Å²) in [6.07, 6.45) is 0. The van der Waals surface area contributed by atoms with E-state index in [1.165, 1.54) is 7.11 Å². The number of halogens is 1. The maximum atomic E-state index is 12.9. The number of fused-ring (bicyclic) bond motifs is 2. The van der Waals surface area contributed by atoms with Crippen LogP contribution in [0.4, 0.5) is 0 Å². The predicted octanol–water partition coefficient (Wildman–Crippen LogP) is 2.06. The monoisotopic (exact) mass is 405 g/mol. The number of hydrogen-bond donors (Lipinski definition) is 0. The summed E-state index contributed by atoms with van der Waals surface area (Å²) in [5, 5.41) is 7.77. The Kier molecular flexibility index (Phi) is 3.80. The maximum absolute atomic E-state index is 12.9. The van der Waals surface area contributed by atoms with Crippen LogP contribution in [-0.4, -0.2) is 51.4 Å². The molecular weight excluding hydrogens is 394 g/mol. The van der Waals surface area contributed by atoms with Crippen molar-refractivity contribution in [3.8, 4) is 0 Å². The van der Waals surface area contributed by atoms with Crippen LogP contribution in [0.25, 0.3) is 5.57 Å². The second kappa shape index (κ2) is 5.86. The van der Waals surface area contributed by atoms with E-state index in [0.29, 0.717) is 15.9 Å². The molecule has 6 nitrogen and oxygen atoms in total. The Morgan fingerprint density at radius 3 is 2.79 bits per heavy atom. The van der Waals surface area contributed by atoms with Crippen LogP contribution in [0.5, 0.6) is 0 Å². The quantitative estimate of drug-likeness (QED) is 0.705. The number of rotatable bonds is 2. The van der Waals surface area contributed by atoms with Gasteiger partial charge in [-0.05, 0) is 21.5 Å². The summed E-state index contributed by atoms with van der Waals surface area (Å²) in [4.78, 5) is 26.5. The minimum Gasteiger partial charge on any atom is -0.467 e. The molecule has 1 amide bonds. The van der Waals surface area contributed by atoms with Crippen molar-refractivity contribution in [1.29, 1.82) is 0 Å². The molecule has 8 heteroatoms. The Bertz CT molecular complexity index is 834. The number of hydrogen-bond acceptors (Lipinski definition) is 6. The topological polar surface area (TPSA) is 71.3 Å². The lowest BCUT2D eigenvalue weighted by Gasteiger charge is -2.34. The van der Waals surface area contributed by atoms with E-state index in [9.17, 15) is 9.59 Å². The Labute approximate surface area is 150 Å².